The molecule has 0 radical (unpaired) electrons. The monoisotopic (exact) mass is 242 g/mol. The van der Waals surface area contributed by atoms with E-state index in [1.807, 2.05) is 0 Å². The molecule has 2 N–H and O–H groups in total. The van der Waals surface area contributed by atoms with Gasteiger partial charge in [-0.3, -0.25) is 4.79 Å². The zero-order valence-electron chi connectivity index (χ0n) is 8.82. The fourth-order valence-electron chi connectivity index (χ4n) is 1.73. The number of hydrogen-bond donors (Lipinski definition) is 2. The summed E-state index contributed by atoms with van der Waals surface area (Å²) in [5, 5.41) is 20.2. The lowest BCUT2D eigenvalue weighted by molar-refractivity contribution is -0.243. The summed E-state index contributed by atoms with van der Waals surface area (Å²) >= 11 is 5.79. The molecular weight excluding hydrogens is 232 g/mol. The molecule has 0 spiro atoms. The predicted molar refractivity (Wildman–Crippen MR) is 57.7 cm³/mol. The van der Waals surface area contributed by atoms with Crippen molar-refractivity contribution in [1.29, 1.82) is 0 Å². The molecule has 5 heteroatoms. The minimum absolute atomic E-state index is 0.118. The van der Waals surface area contributed by atoms with Gasteiger partial charge in [-0.25, -0.2) is 0 Å². The molecular formula is C11H11ClO4. The molecule has 1 aliphatic heterocycles. The molecule has 1 aliphatic rings. The lowest BCUT2D eigenvalue weighted by Gasteiger charge is -2.29. The van der Waals surface area contributed by atoms with Gasteiger partial charge in [0.05, 0.1) is 11.1 Å². The van der Waals surface area contributed by atoms with Gasteiger partial charge in [-0.1, -0.05) is 11.6 Å². The Balaban J connectivity index is 2.72. The van der Waals surface area contributed by atoms with Crippen LogP contribution in [0.25, 0.3) is 0 Å². The molecule has 0 amide bonds. The summed E-state index contributed by atoms with van der Waals surface area (Å²) in [6, 6.07) is 2.81. The molecule has 1 aromatic carbocycles. The Morgan fingerprint density at radius 1 is 1.38 bits per heavy atom. The highest BCUT2D eigenvalue weighted by Gasteiger charge is 2.54. The van der Waals surface area contributed by atoms with E-state index in [1.165, 1.54) is 26.0 Å². The van der Waals surface area contributed by atoms with Crippen LogP contribution in [0.5, 0.6) is 5.75 Å². The Bertz CT molecular complexity index is 465. The van der Waals surface area contributed by atoms with Crippen molar-refractivity contribution in [2.75, 3.05) is 0 Å². The highest BCUT2D eigenvalue weighted by Crippen LogP contribution is 2.48. The molecule has 4 nitrogen and oxygen atoms in total. The van der Waals surface area contributed by atoms with Crippen LogP contribution in [-0.4, -0.2) is 22.1 Å². The van der Waals surface area contributed by atoms with Gasteiger partial charge >= 0.3 is 0 Å². The molecule has 0 fully saturated rings. The highest BCUT2D eigenvalue weighted by molar-refractivity contribution is 6.31. The summed E-state index contributed by atoms with van der Waals surface area (Å²) in [5.41, 5.74) is -0.898. The van der Waals surface area contributed by atoms with Gasteiger partial charge in [-0.15, -0.1) is 0 Å². The second kappa shape index (κ2) is 3.20. The van der Waals surface area contributed by atoms with Gasteiger partial charge in [0, 0.05) is 5.02 Å². The first-order valence-corrected chi connectivity index (χ1v) is 5.10. The van der Waals surface area contributed by atoms with E-state index in [1.54, 1.807) is 0 Å². The normalized spacial score (nSPS) is 20.1. The summed E-state index contributed by atoms with van der Waals surface area (Å²) < 4.78 is 5.40. The second-order valence-corrected chi connectivity index (χ2v) is 4.71. The van der Waals surface area contributed by atoms with Crippen LogP contribution < -0.4 is 4.74 Å². The van der Waals surface area contributed by atoms with Crippen molar-refractivity contribution in [1.82, 2.24) is 0 Å². The largest absolute Gasteiger partial charge is 0.481 e. The lowest BCUT2D eigenvalue weighted by Crippen LogP contribution is -2.46. The Hall–Kier alpha value is -1.10. The van der Waals surface area contributed by atoms with E-state index in [4.69, 9.17) is 16.3 Å². The fourth-order valence-corrected chi connectivity index (χ4v) is 1.95. The summed E-state index contributed by atoms with van der Waals surface area (Å²) in [4.78, 5) is 10.8. The Kier molecular flexibility index (Phi) is 2.28. The maximum Gasteiger partial charge on any atom is 0.234 e. The SMILES string of the molecule is CC1(C)Oc2c(C=O)cc(Cl)cc2C1(O)O. The number of halogens is 1. The molecule has 86 valence electrons. The van der Waals surface area contributed by atoms with Gasteiger partial charge in [-0.2, -0.15) is 0 Å². The maximum absolute atomic E-state index is 10.8. The van der Waals surface area contributed by atoms with Crippen molar-refractivity contribution in [2.45, 2.75) is 25.2 Å². The molecule has 0 unspecified atom stereocenters. The smallest absolute Gasteiger partial charge is 0.234 e. The van der Waals surface area contributed by atoms with E-state index in [0.717, 1.165) is 0 Å². The second-order valence-electron chi connectivity index (χ2n) is 4.27. The topological polar surface area (TPSA) is 66.8 Å². The molecule has 0 saturated heterocycles. The van der Waals surface area contributed by atoms with Gasteiger partial charge in [0.15, 0.2) is 11.9 Å². The Morgan fingerprint density at radius 2 is 2.00 bits per heavy atom. The third-order valence-corrected chi connectivity index (χ3v) is 3.00. The number of carbonyl (C=O) groups is 1. The van der Waals surface area contributed by atoms with Crippen molar-refractivity contribution in [3.63, 3.8) is 0 Å². The van der Waals surface area contributed by atoms with E-state index < -0.39 is 11.4 Å². The zero-order valence-corrected chi connectivity index (χ0v) is 9.58. The first-order chi connectivity index (χ1) is 7.29. The number of hydrogen-bond acceptors (Lipinski definition) is 4. The van der Waals surface area contributed by atoms with E-state index in [-0.39, 0.29) is 21.9 Å². The average molecular weight is 243 g/mol. The third kappa shape index (κ3) is 1.34. The van der Waals surface area contributed by atoms with E-state index in [2.05, 4.69) is 0 Å². The summed E-state index contributed by atoms with van der Waals surface area (Å²) in [7, 11) is 0. The summed E-state index contributed by atoms with van der Waals surface area (Å²) in [6.07, 6.45) is 0.572. The Morgan fingerprint density at radius 3 is 2.56 bits per heavy atom. The van der Waals surface area contributed by atoms with Crippen LogP contribution in [0.15, 0.2) is 12.1 Å². The zero-order chi connectivity index (χ0) is 12.1. The van der Waals surface area contributed by atoms with Crippen LogP contribution in [-0.2, 0) is 5.79 Å². The van der Waals surface area contributed by atoms with Crippen molar-refractivity contribution >= 4 is 17.9 Å². The van der Waals surface area contributed by atoms with E-state index in [9.17, 15) is 15.0 Å². The molecule has 16 heavy (non-hydrogen) atoms. The molecule has 0 aromatic heterocycles. The van der Waals surface area contributed by atoms with Crippen molar-refractivity contribution < 1.29 is 19.7 Å². The van der Waals surface area contributed by atoms with Gasteiger partial charge in [-0.05, 0) is 26.0 Å². The molecule has 1 heterocycles. The van der Waals surface area contributed by atoms with Crippen molar-refractivity contribution in [3.05, 3.63) is 28.3 Å². The number of aldehydes is 1. The van der Waals surface area contributed by atoms with E-state index in [0.29, 0.717) is 6.29 Å². The van der Waals surface area contributed by atoms with Gasteiger partial charge < -0.3 is 14.9 Å². The van der Waals surface area contributed by atoms with Crippen LogP contribution >= 0.6 is 11.6 Å². The number of fused-ring (bicyclic) bond motifs is 1. The number of carbonyl (C=O) groups excluding carboxylic acids is 1. The lowest BCUT2D eigenvalue weighted by atomic mass is 9.92. The van der Waals surface area contributed by atoms with Crippen molar-refractivity contribution in [3.8, 4) is 5.75 Å². The van der Waals surface area contributed by atoms with Gasteiger partial charge in [0.2, 0.25) is 5.79 Å². The van der Waals surface area contributed by atoms with Crippen molar-refractivity contribution in [2.24, 2.45) is 0 Å². The molecule has 0 saturated carbocycles. The quantitative estimate of drug-likeness (QED) is 0.578. The molecule has 0 atom stereocenters. The molecule has 0 bridgehead atoms. The minimum Gasteiger partial charge on any atom is -0.481 e. The predicted octanol–water partition coefficient (Wildman–Crippen LogP) is 1.46. The van der Waals surface area contributed by atoms with Crippen LogP contribution in [0.4, 0.5) is 0 Å². The maximum atomic E-state index is 10.8. The Labute approximate surface area is 97.4 Å². The van der Waals surface area contributed by atoms with Crippen LogP contribution in [0.2, 0.25) is 5.02 Å². The standard InChI is InChI=1S/C11H11ClO4/c1-10(2)11(14,15)8-4-7(12)3-6(5-13)9(8)16-10/h3-5,14-15H,1-2H3. The minimum atomic E-state index is -2.16. The third-order valence-electron chi connectivity index (χ3n) is 2.78. The highest BCUT2D eigenvalue weighted by atomic mass is 35.5. The molecule has 2 rings (SSSR count). The van der Waals surface area contributed by atoms with Gasteiger partial charge in [0.25, 0.3) is 0 Å². The fraction of sp³-hybridized carbons (Fsp3) is 0.364. The van der Waals surface area contributed by atoms with Gasteiger partial charge in [0.1, 0.15) is 5.75 Å². The number of rotatable bonds is 1. The first-order valence-electron chi connectivity index (χ1n) is 4.72. The summed E-state index contributed by atoms with van der Waals surface area (Å²) in [5.74, 6) is -1.99. The first kappa shape index (κ1) is 11.4. The van der Waals surface area contributed by atoms with Crippen LogP contribution in [0.3, 0.4) is 0 Å². The summed E-state index contributed by atoms with van der Waals surface area (Å²) in [6.45, 7) is 3.05. The molecule has 0 aliphatic carbocycles. The van der Waals surface area contributed by atoms with Crippen LogP contribution in [0.1, 0.15) is 29.8 Å². The number of ether oxygens (including phenoxy) is 1. The average Bonchev–Trinajstić information content (AvgIpc) is 2.35. The van der Waals surface area contributed by atoms with E-state index >= 15 is 0 Å². The number of aliphatic hydroxyl groups is 2. The molecule has 1 aromatic rings. The van der Waals surface area contributed by atoms with Crippen LogP contribution in [0, 0.1) is 0 Å². The number of benzene rings is 1.